The lowest BCUT2D eigenvalue weighted by Gasteiger charge is -2.19. The van der Waals surface area contributed by atoms with E-state index in [-0.39, 0.29) is 5.75 Å². The van der Waals surface area contributed by atoms with Crippen LogP contribution in [0, 0.1) is 5.92 Å². The van der Waals surface area contributed by atoms with Crippen molar-refractivity contribution in [3.05, 3.63) is 0 Å². The molecule has 0 spiro atoms. The van der Waals surface area contributed by atoms with Crippen molar-refractivity contribution < 1.29 is 8.42 Å². The summed E-state index contributed by atoms with van der Waals surface area (Å²) >= 11 is 0. The molecule has 5 heteroatoms. The van der Waals surface area contributed by atoms with Crippen LogP contribution in [0.3, 0.4) is 0 Å². The number of sulfonamides is 1. The maximum Gasteiger partial charge on any atom is 0.211 e. The maximum atomic E-state index is 11.1. The van der Waals surface area contributed by atoms with Gasteiger partial charge in [-0.1, -0.05) is 20.3 Å². The first-order valence-electron chi connectivity index (χ1n) is 6.13. The first-order chi connectivity index (χ1) is 7.43. The molecule has 0 saturated heterocycles. The highest BCUT2D eigenvalue weighted by Gasteiger charge is 2.09. The Bertz CT molecular complexity index is 265. The van der Waals surface area contributed by atoms with Crippen molar-refractivity contribution in [1.82, 2.24) is 10.0 Å². The van der Waals surface area contributed by atoms with Gasteiger partial charge in [-0.15, -0.1) is 0 Å². The van der Waals surface area contributed by atoms with Crippen molar-refractivity contribution in [2.75, 3.05) is 18.8 Å². The predicted octanol–water partition coefficient (Wildman–Crippen LogP) is 1.34. The minimum atomic E-state index is -3.02. The fourth-order valence-corrected chi connectivity index (χ4v) is 1.96. The molecular weight excluding hydrogens is 224 g/mol. The van der Waals surface area contributed by atoms with Crippen LogP contribution in [-0.4, -0.2) is 33.3 Å². The molecule has 0 aliphatic carbocycles. The van der Waals surface area contributed by atoms with E-state index < -0.39 is 10.0 Å². The second kappa shape index (κ2) is 8.03. The van der Waals surface area contributed by atoms with Gasteiger partial charge in [-0.3, -0.25) is 0 Å². The van der Waals surface area contributed by atoms with Gasteiger partial charge in [0.2, 0.25) is 10.0 Å². The van der Waals surface area contributed by atoms with Crippen molar-refractivity contribution in [1.29, 1.82) is 0 Å². The maximum absolute atomic E-state index is 11.1. The largest absolute Gasteiger partial charge is 0.314 e. The first-order valence-corrected chi connectivity index (χ1v) is 7.78. The standard InChI is InChI=1S/C11H26N2O2S/c1-5-10(3)11(4)12-8-7-9-13-16(14,15)6-2/h10-13H,5-9H2,1-4H3. The lowest BCUT2D eigenvalue weighted by Crippen LogP contribution is -2.34. The van der Waals surface area contributed by atoms with E-state index in [0.29, 0.717) is 18.5 Å². The lowest BCUT2D eigenvalue weighted by molar-refractivity contribution is 0.389. The molecule has 0 rings (SSSR count). The van der Waals surface area contributed by atoms with Crippen molar-refractivity contribution in [2.45, 2.75) is 46.6 Å². The van der Waals surface area contributed by atoms with Gasteiger partial charge in [-0.05, 0) is 32.7 Å². The third-order valence-corrected chi connectivity index (χ3v) is 4.42. The summed E-state index contributed by atoms with van der Waals surface area (Å²) in [6.45, 7) is 9.60. The average molecular weight is 250 g/mol. The summed E-state index contributed by atoms with van der Waals surface area (Å²) in [4.78, 5) is 0. The Morgan fingerprint density at radius 1 is 1.12 bits per heavy atom. The van der Waals surface area contributed by atoms with E-state index in [2.05, 4.69) is 30.8 Å². The van der Waals surface area contributed by atoms with E-state index in [4.69, 9.17) is 0 Å². The summed E-state index contributed by atoms with van der Waals surface area (Å²) in [5.41, 5.74) is 0. The number of hydrogen-bond donors (Lipinski definition) is 2. The lowest BCUT2D eigenvalue weighted by atomic mass is 10.0. The van der Waals surface area contributed by atoms with Crippen LogP contribution in [0.15, 0.2) is 0 Å². The third kappa shape index (κ3) is 7.19. The van der Waals surface area contributed by atoms with Crippen molar-refractivity contribution in [3.8, 4) is 0 Å². The van der Waals surface area contributed by atoms with Gasteiger partial charge in [0.15, 0.2) is 0 Å². The van der Waals surface area contributed by atoms with Crippen LogP contribution in [0.1, 0.15) is 40.5 Å². The van der Waals surface area contributed by atoms with Gasteiger partial charge in [0, 0.05) is 12.6 Å². The fraction of sp³-hybridized carbons (Fsp3) is 1.00. The van der Waals surface area contributed by atoms with Gasteiger partial charge >= 0.3 is 0 Å². The molecule has 16 heavy (non-hydrogen) atoms. The van der Waals surface area contributed by atoms with Gasteiger partial charge in [-0.2, -0.15) is 0 Å². The topological polar surface area (TPSA) is 58.2 Å². The molecule has 0 fully saturated rings. The minimum Gasteiger partial charge on any atom is -0.314 e. The highest BCUT2D eigenvalue weighted by Crippen LogP contribution is 2.05. The Morgan fingerprint density at radius 2 is 1.75 bits per heavy atom. The highest BCUT2D eigenvalue weighted by atomic mass is 32.2. The molecule has 0 aromatic heterocycles. The molecule has 0 aliphatic rings. The molecule has 0 aromatic carbocycles. The second-order valence-corrected chi connectivity index (χ2v) is 6.38. The Labute approximate surface area is 100 Å². The zero-order valence-electron chi connectivity index (χ0n) is 10.9. The van der Waals surface area contributed by atoms with Gasteiger partial charge in [-0.25, -0.2) is 13.1 Å². The Hall–Kier alpha value is -0.130. The van der Waals surface area contributed by atoms with Crippen LogP contribution >= 0.6 is 0 Å². The summed E-state index contributed by atoms with van der Waals surface area (Å²) in [5, 5.41) is 3.40. The average Bonchev–Trinajstić information content (AvgIpc) is 2.27. The van der Waals surface area contributed by atoms with Gasteiger partial charge in [0.05, 0.1) is 5.75 Å². The molecule has 0 saturated carbocycles. The SMILES string of the molecule is CCC(C)C(C)NCCCNS(=O)(=O)CC. The van der Waals surface area contributed by atoms with Crippen LogP contribution in [-0.2, 0) is 10.0 Å². The molecule has 0 aliphatic heterocycles. The van der Waals surface area contributed by atoms with E-state index in [1.807, 2.05) is 0 Å². The van der Waals surface area contributed by atoms with E-state index in [1.54, 1.807) is 6.92 Å². The summed E-state index contributed by atoms with van der Waals surface area (Å²) in [7, 11) is -3.02. The first kappa shape index (κ1) is 15.9. The minimum absolute atomic E-state index is 0.156. The fourth-order valence-electron chi connectivity index (χ4n) is 1.30. The molecule has 0 bridgehead atoms. The number of rotatable bonds is 9. The van der Waals surface area contributed by atoms with Crippen LogP contribution < -0.4 is 10.0 Å². The molecule has 0 heterocycles. The summed E-state index contributed by atoms with van der Waals surface area (Å²) in [6.07, 6.45) is 2.00. The van der Waals surface area contributed by atoms with E-state index >= 15 is 0 Å². The summed E-state index contributed by atoms with van der Waals surface area (Å²) < 4.78 is 24.8. The molecule has 2 N–H and O–H groups in total. The third-order valence-electron chi connectivity index (χ3n) is 3.02. The highest BCUT2D eigenvalue weighted by molar-refractivity contribution is 7.89. The molecule has 2 atom stereocenters. The predicted molar refractivity (Wildman–Crippen MR) is 69.0 cm³/mol. The van der Waals surface area contributed by atoms with Crippen LogP contribution in [0.5, 0.6) is 0 Å². The molecule has 0 aromatic rings. The monoisotopic (exact) mass is 250 g/mol. The Morgan fingerprint density at radius 3 is 2.25 bits per heavy atom. The van der Waals surface area contributed by atoms with Crippen LogP contribution in [0.25, 0.3) is 0 Å². The quantitative estimate of drug-likeness (QED) is 0.607. The van der Waals surface area contributed by atoms with Crippen molar-refractivity contribution in [2.24, 2.45) is 5.92 Å². The molecule has 2 unspecified atom stereocenters. The summed E-state index contributed by atoms with van der Waals surface area (Å²) in [6, 6.07) is 0.493. The molecule has 0 amide bonds. The van der Waals surface area contributed by atoms with Crippen molar-refractivity contribution >= 4 is 10.0 Å². The van der Waals surface area contributed by atoms with Gasteiger partial charge < -0.3 is 5.32 Å². The normalized spacial score (nSPS) is 16.0. The Kier molecular flexibility index (Phi) is 7.97. The van der Waals surface area contributed by atoms with Gasteiger partial charge in [0.25, 0.3) is 0 Å². The molecule has 98 valence electrons. The Balaban J connectivity index is 3.55. The molecular formula is C11H26N2O2S. The van der Waals surface area contributed by atoms with E-state index in [1.165, 1.54) is 0 Å². The van der Waals surface area contributed by atoms with Crippen LogP contribution in [0.2, 0.25) is 0 Å². The zero-order valence-corrected chi connectivity index (χ0v) is 11.7. The van der Waals surface area contributed by atoms with Gasteiger partial charge in [0.1, 0.15) is 0 Å². The summed E-state index contributed by atoms with van der Waals surface area (Å²) in [5.74, 6) is 0.816. The van der Waals surface area contributed by atoms with E-state index in [0.717, 1.165) is 19.4 Å². The van der Waals surface area contributed by atoms with E-state index in [9.17, 15) is 8.42 Å². The van der Waals surface area contributed by atoms with Crippen LogP contribution in [0.4, 0.5) is 0 Å². The smallest absolute Gasteiger partial charge is 0.211 e. The number of nitrogens with one attached hydrogen (secondary N) is 2. The molecule has 0 radical (unpaired) electrons. The number of hydrogen-bond acceptors (Lipinski definition) is 3. The zero-order chi connectivity index (χ0) is 12.6. The van der Waals surface area contributed by atoms with Crippen molar-refractivity contribution in [3.63, 3.8) is 0 Å². The molecule has 4 nitrogen and oxygen atoms in total. The second-order valence-electron chi connectivity index (χ2n) is 4.28.